The van der Waals surface area contributed by atoms with Crippen molar-refractivity contribution in [2.75, 3.05) is 0 Å². The van der Waals surface area contributed by atoms with E-state index in [1.165, 1.54) is 0 Å². The van der Waals surface area contributed by atoms with Crippen molar-refractivity contribution in [2.45, 2.75) is 38.9 Å². The highest BCUT2D eigenvalue weighted by atomic mass is 16.7. The van der Waals surface area contributed by atoms with Crippen LogP contribution in [0.4, 0.5) is 0 Å². The lowest BCUT2D eigenvalue weighted by Gasteiger charge is -2.23. The SMILES string of the molecule is CC(C)(C)OC1C=CC(N=[N+]=[N-])O1. The minimum absolute atomic E-state index is 0.264. The van der Waals surface area contributed by atoms with Gasteiger partial charge in [-0.1, -0.05) is 5.11 Å². The summed E-state index contributed by atoms with van der Waals surface area (Å²) in [7, 11) is 0. The topological polar surface area (TPSA) is 67.2 Å². The zero-order valence-corrected chi connectivity index (χ0v) is 7.97. The molecule has 0 N–H and O–H groups in total. The number of nitrogens with zero attached hydrogens (tertiary/aromatic N) is 3. The molecule has 1 aliphatic heterocycles. The van der Waals surface area contributed by atoms with Crippen LogP contribution in [-0.2, 0) is 9.47 Å². The molecule has 0 aromatic carbocycles. The first kappa shape index (κ1) is 10.1. The van der Waals surface area contributed by atoms with Gasteiger partial charge in [0.05, 0.1) is 5.60 Å². The molecular formula is C8H13N3O2. The molecule has 0 fully saturated rings. The second-order valence-electron chi connectivity index (χ2n) is 3.72. The Morgan fingerprint density at radius 1 is 1.46 bits per heavy atom. The third kappa shape index (κ3) is 3.46. The van der Waals surface area contributed by atoms with E-state index in [-0.39, 0.29) is 5.60 Å². The van der Waals surface area contributed by atoms with Crippen LogP contribution in [0.1, 0.15) is 20.8 Å². The first-order valence-electron chi connectivity index (χ1n) is 4.07. The van der Waals surface area contributed by atoms with Crippen molar-refractivity contribution >= 4 is 0 Å². The summed E-state index contributed by atoms with van der Waals surface area (Å²) in [6.07, 6.45) is 2.48. The van der Waals surface area contributed by atoms with Crippen LogP contribution in [0.3, 0.4) is 0 Å². The zero-order chi connectivity index (χ0) is 9.90. The van der Waals surface area contributed by atoms with Crippen molar-refractivity contribution in [1.29, 1.82) is 0 Å². The second kappa shape index (κ2) is 3.79. The molecule has 2 unspecified atom stereocenters. The molecule has 72 valence electrons. The molecule has 0 aliphatic carbocycles. The minimum Gasteiger partial charge on any atom is -0.343 e. The zero-order valence-electron chi connectivity index (χ0n) is 7.97. The van der Waals surface area contributed by atoms with Crippen molar-refractivity contribution < 1.29 is 9.47 Å². The Hall–Kier alpha value is -1.03. The van der Waals surface area contributed by atoms with Crippen molar-refractivity contribution in [3.05, 3.63) is 22.6 Å². The van der Waals surface area contributed by atoms with Crippen LogP contribution >= 0.6 is 0 Å². The van der Waals surface area contributed by atoms with Crippen molar-refractivity contribution in [1.82, 2.24) is 0 Å². The first-order chi connectivity index (χ1) is 6.01. The van der Waals surface area contributed by atoms with Gasteiger partial charge in [-0.25, -0.2) is 0 Å². The molecule has 1 rings (SSSR count). The quantitative estimate of drug-likeness (QED) is 0.285. The summed E-state index contributed by atoms with van der Waals surface area (Å²) in [5.74, 6) is 0. The number of hydrogen-bond donors (Lipinski definition) is 0. The van der Waals surface area contributed by atoms with Gasteiger partial charge in [0.2, 0.25) is 0 Å². The Morgan fingerprint density at radius 2 is 2.15 bits per heavy atom. The van der Waals surface area contributed by atoms with Gasteiger partial charge in [-0.15, -0.1) is 0 Å². The van der Waals surface area contributed by atoms with E-state index in [0.717, 1.165) is 0 Å². The highest BCUT2D eigenvalue weighted by molar-refractivity contribution is 4.98. The first-order valence-corrected chi connectivity index (χ1v) is 4.07. The summed E-state index contributed by atoms with van der Waals surface area (Å²) in [5, 5.41) is 3.40. The molecule has 1 aliphatic rings. The van der Waals surface area contributed by atoms with Crippen molar-refractivity contribution in [3.63, 3.8) is 0 Å². The van der Waals surface area contributed by atoms with E-state index in [9.17, 15) is 0 Å². The number of azide groups is 1. The molecule has 0 amide bonds. The molecule has 0 aromatic heterocycles. The average Bonchev–Trinajstić information content (AvgIpc) is 2.33. The maximum atomic E-state index is 8.15. The smallest absolute Gasteiger partial charge is 0.178 e. The Kier molecular flexibility index (Phi) is 2.93. The van der Waals surface area contributed by atoms with Gasteiger partial charge in [0.15, 0.2) is 12.5 Å². The van der Waals surface area contributed by atoms with Crippen LogP contribution in [0.2, 0.25) is 0 Å². The van der Waals surface area contributed by atoms with E-state index in [1.54, 1.807) is 12.2 Å². The summed E-state index contributed by atoms with van der Waals surface area (Å²) in [6.45, 7) is 5.81. The molecule has 0 spiro atoms. The van der Waals surface area contributed by atoms with Gasteiger partial charge < -0.3 is 9.47 Å². The molecule has 0 radical (unpaired) electrons. The molecule has 2 atom stereocenters. The van der Waals surface area contributed by atoms with Crippen LogP contribution < -0.4 is 0 Å². The maximum absolute atomic E-state index is 8.15. The summed E-state index contributed by atoms with van der Waals surface area (Å²) in [5.41, 5.74) is 7.89. The Balaban J connectivity index is 2.43. The predicted octanol–water partition coefficient (Wildman–Crippen LogP) is 2.35. The molecule has 0 saturated heterocycles. The average molecular weight is 183 g/mol. The van der Waals surface area contributed by atoms with E-state index in [4.69, 9.17) is 15.0 Å². The van der Waals surface area contributed by atoms with Crippen LogP contribution in [0.15, 0.2) is 17.3 Å². The molecule has 5 heteroatoms. The van der Waals surface area contributed by atoms with Crippen LogP contribution in [0, 0.1) is 0 Å². The lowest BCUT2D eigenvalue weighted by molar-refractivity contribution is -0.170. The monoisotopic (exact) mass is 183 g/mol. The van der Waals surface area contributed by atoms with Gasteiger partial charge in [0.25, 0.3) is 0 Å². The Labute approximate surface area is 77.0 Å². The van der Waals surface area contributed by atoms with Gasteiger partial charge in [0.1, 0.15) is 0 Å². The fraction of sp³-hybridized carbons (Fsp3) is 0.750. The summed E-state index contributed by atoms with van der Waals surface area (Å²) in [4.78, 5) is 2.64. The van der Waals surface area contributed by atoms with Crippen LogP contribution in [0.25, 0.3) is 10.4 Å². The van der Waals surface area contributed by atoms with E-state index in [1.807, 2.05) is 20.8 Å². The van der Waals surface area contributed by atoms with Crippen LogP contribution in [0.5, 0.6) is 0 Å². The van der Waals surface area contributed by atoms with E-state index in [0.29, 0.717) is 0 Å². The summed E-state index contributed by atoms with van der Waals surface area (Å²) in [6, 6.07) is 0. The van der Waals surface area contributed by atoms with E-state index < -0.39 is 12.5 Å². The maximum Gasteiger partial charge on any atom is 0.178 e. The lowest BCUT2D eigenvalue weighted by atomic mass is 10.2. The largest absolute Gasteiger partial charge is 0.343 e. The van der Waals surface area contributed by atoms with Crippen LogP contribution in [-0.4, -0.2) is 18.1 Å². The lowest BCUT2D eigenvalue weighted by Crippen LogP contribution is -2.27. The highest BCUT2D eigenvalue weighted by Gasteiger charge is 2.23. The molecule has 1 heterocycles. The van der Waals surface area contributed by atoms with E-state index in [2.05, 4.69) is 10.0 Å². The number of ether oxygens (including phenoxy) is 2. The van der Waals surface area contributed by atoms with Crippen molar-refractivity contribution in [3.8, 4) is 0 Å². The number of rotatable bonds is 2. The summed E-state index contributed by atoms with van der Waals surface area (Å²) < 4.78 is 10.7. The Morgan fingerprint density at radius 3 is 2.69 bits per heavy atom. The van der Waals surface area contributed by atoms with Gasteiger partial charge in [-0.2, -0.15) is 0 Å². The third-order valence-electron chi connectivity index (χ3n) is 1.34. The highest BCUT2D eigenvalue weighted by Crippen LogP contribution is 2.19. The minimum atomic E-state index is -0.530. The predicted molar refractivity (Wildman–Crippen MR) is 47.8 cm³/mol. The Bertz CT molecular complexity index is 251. The van der Waals surface area contributed by atoms with Crippen molar-refractivity contribution in [2.24, 2.45) is 5.11 Å². The second-order valence-corrected chi connectivity index (χ2v) is 3.72. The fourth-order valence-corrected chi connectivity index (χ4v) is 0.946. The van der Waals surface area contributed by atoms with Gasteiger partial charge in [0, 0.05) is 4.91 Å². The van der Waals surface area contributed by atoms with E-state index >= 15 is 0 Å². The molecule has 0 aromatic rings. The standard InChI is InChI=1S/C8H13N3O2/c1-8(2,3)13-7-5-4-6(12-7)10-11-9/h4-7H,1-3H3. The number of hydrogen-bond acceptors (Lipinski definition) is 3. The van der Waals surface area contributed by atoms with Gasteiger partial charge in [-0.05, 0) is 38.5 Å². The fourth-order valence-electron chi connectivity index (χ4n) is 0.946. The normalized spacial score (nSPS) is 27.3. The molecule has 0 bridgehead atoms. The molecular weight excluding hydrogens is 170 g/mol. The van der Waals surface area contributed by atoms with Gasteiger partial charge in [-0.3, -0.25) is 0 Å². The van der Waals surface area contributed by atoms with Gasteiger partial charge >= 0.3 is 0 Å². The molecule has 13 heavy (non-hydrogen) atoms. The molecule has 0 saturated carbocycles. The third-order valence-corrected chi connectivity index (χ3v) is 1.34. The molecule has 5 nitrogen and oxygen atoms in total. The summed E-state index contributed by atoms with van der Waals surface area (Å²) >= 11 is 0.